The molecule has 0 saturated carbocycles. The first-order chi connectivity index (χ1) is 9.50. The lowest BCUT2D eigenvalue weighted by Gasteiger charge is -2.38. The Bertz CT molecular complexity index is 520. The molecule has 0 radical (unpaired) electrons. The van der Waals surface area contributed by atoms with Crippen LogP contribution in [-0.2, 0) is 14.0 Å². The van der Waals surface area contributed by atoms with Crippen molar-refractivity contribution in [1.29, 1.82) is 0 Å². The van der Waals surface area contributed by atoms with Crippen LogP contribution in [0.2, 0.25) is 18.1 Å². The van der Waals surface area contributed by atoms with Crippen molar-refractivity contribution in [3.63, 3.8) is 0 Å². The number of hydrogen-bond acceptors (Lipinski definition) is 3. The Hall–Kier alpha value is 0.0869. The van der Waals surface area contributed by atoms with E-state index in [9.17, 15) is 4.79 Å². The zero-order valence-corrected chi connectivity index (χ0v) is 17.3. The molecule has 2 heterocycles. The van der Waals surface area contributed by atoms with Crippen molar-refractivity contribution < 1.29 is 14.0 Å². The van der Waals surface area contributed by atoms with E-state index >= 15 is 0 Å². The van der Waals surface area contributed by atoms with Crippen LogP contribution in [0.15, 0.2) is 22.4 Å². The van der Waals surface area contributed by atoms with Crippen LogP contribution in [0.1, 0.15) is 27.2 Å². The molecule has 0 saturated heterocycles. The van der Waals surface area contributed by atoms with Gasteiger partial charge in [0.15, 0.2) is 19.7 Å². The quantitative estimate of drug-likeness (QED) is 0.473. The highest BCUT2D eigenvalue weighted by Crippen LogP contribution is 2.44. The molecular weight excluding hydrogens is 416 g/mol. The van der Waals surface area contributed by atoms with E-state index in [0.717, 1.165) is 10.2 Å². The standard InChI is InChI=1S/C15H22Br2O3Si/c1-14(2,3)21(4,5)19-9-8-15-7-6-10(20-15)11(16)12(17)13(15)18/h6-7,12H,8-9H2,1-5H3. The van der Waals surface area contributed by atoms with Gasteiger partial charge in [0.05, 0.1) is 4.48 Å². The molecule has 0 amide bonds. The van der Waals surface area contributed by atoms with E-state index in [4.69, 9.17) is 9.16 Å². The summed E-state index contributed by atoms with van der Waals surface area (Å²) in [5.41, 5.74) is -0.858. The van der Waals surface area contributed by atoms with Gasteiger partial charge in [-0.05, 0) is 46.2 Å². The Kier molecular flexibility index (Phi) is 4.67. The highest BCUT2D eigenvalue weighted by molar-refractivity contribution is 9.14. The smallest absolute Gasteiger partial charge is 0.199 e. The zero-order chi connectivity index (χ0) is 16.1. The maximum Gasteiger partial charge on any atom is 0.199 e. The lowest BCUT2D eigenvalue weighted by Crippen LogP contribution is -2.47. The van der Waals surface area contributed by atoms with Gasteiger partial charge in [-0.25, -0.2) is 0 Å². The predicted molar refractivity (Wildman–Crippen MR) is 94.4 cm³/mol. The van der Waals surface area contributed by atoms with E-state index in [-0.39, 0.29) is 15.6 Å². The Morgan fingerprint density at radius 2 is 2.05 bits per heavy atom. The molecule has 2 bridgehead atoms. The van der Waals surface area contributed by atoms with Gasteiger partial charge < -0.3 is 9.16 Å². The summed E-state index contributed by atoms with van der Waals surface area (Å²) in [5, 5.41) is 0.166. The molecule has 0 fully saturated rings. The Morgan fingerprint density at radius 3 is 2.62 bits per heavy atom. The van der Waals surface area contributed by atoms with Crippen LogP contribution in [0.5, 0.6) is 0 Å². The minimum Gasteiger partial charge on any atom is -0.474 e. The highest BCUT2D eigenvalue weighted by Gasteiger charge is 2.50. The molecular formula is C15H22Br2O3Si. The van der Waals surface area contributed by atoms with Crippen LogP contribution in [0.25, 0.3) is 0 Å². The Labute approximate surface area is 144 Å². The van der Waals surface area contributed by atoms with Crippen molar-refractivity contribution in [2.75, 3.05) is 6.61 Å². The van der Waals surface area contributed by atoms with Gasteiger partial charge in [-0.3, -0.25) is 4.79 Å². The van der Waals surface area contributed by atoms with Crippen LogP contribution in [0, 0.1) is 0 Å². The number of Topliss-reactive ketones (excluding diaryl/α,β-unsaturated/α-hetero) is 1. The molecule has 0 aliphatic carbocycles. The van der Waals surface area contributed by atoms with Crippen molar-refractivity contribution in [2.45, 2.75) is 55.8 Å². The number of fused-ring (bicyclic) bond motifs is 2. The SMILES string of the molecule is CC(C)(C)[Si](C)(C)OCCC12C=CC(=C(Br)C(Br)C1=O)O2. The lowest BCUT2D eigenvalue weighted by atomic mass is 9.92. The van der Waals surface area contributed by atoms with E-state index in [1.807, 2.05) is 12.2 Å². The molecule has 2 unspecified atom stereocenters. The number of ether oxygens (including phenoxy) is 1. The van der Waals surface area contributed by atoms with Gasteiger partial charge >= 0.3 is 0 Å². The van der Waals surface area contributed by atoms with Gasteiger partial charge in [0.2, 0.25) is 0 Å². The molecule has 0 N–H and O–H groups in total. The van der Waals surface area contributed by atoms with E-state index < -0.39 is 13.9 Å². The summed E-state index contributed by atoms with van der Waals surface area (Å²) in [6, 6.07) is 0. The summed E-state index contributed by atoms with van der Waals surface area (Å²) >= 11 is 6.84. The molecule has 0 aromatic heterocycles. The average molecular weight is 438 g/mol. The third kappa shape index (κ3) is 3.09. The van der Waals surface area contributed by atoms with E-state index in [2.05, 4.69) is 65.7 Å². The molecule has 2 aliphatic heterocycles. The molecule has 2 rings (SSSR count). The van der Waals surface area contributed by atoms with Crippen LogP contribution in [0.4, 0.5) is 0 Å². The van der Waals surface area contributed by atoms with Gasteiger partial charge in [0.1, 0.15) is 10.6 Å². The molecule has 6 heteroatoms. The molecule has 118 valence electrons. The molecule has 0 aromatic rings. The first-order valence-corrected chi connectivity index (χ1v) is 11.7. The summed E-state index contributed by atoms with van der Waals surface area (Å²) in [6.07, 6.45) is 4.29. The van der Waals surface area contributed by atoms with Gasteiger partial charge in [-0.2, -0.15) is 0 Å². The predicted octanol–water partition coefficient (Wildman–Crippen LogP) is 4.68. The third-order valence-corrected chi connectivity index (χ3v) is 11.5. The van der Waals surface area contributed by atoms with Crippen LogP contribution >= 0.6 is 31.9 Å². The molecule has 0 aromatic carbocycles. The van der Waals surface area contributed by atoms with Crippen molar-refractivity contribution in [3.05, 3.63) is 22.4 Å². The van der Waals surface area contributed by atoms with E-state index in [1.54, 1.807) is 0 Å². The molecule has 2 aliphatic rings. The normalized spacial score (nSPS) is 29.1. The molecule has 3 nitrogen and oxygen atoms in total. The molecule has 21 heavy (non-hydrogen) atoms. The fourth-order valence-corrected chi connectivity index (χ4v) is 4.20. The number of rotatable bonds is 4. The van der Waals surface area contributed by atoms with Gasteiger partial charge in [0.25, 0.3) is 0 Å². The summed E-state index contributed by atoms with van der Waals surface area (Å²) in [4.78, 5) is 12.2. The number of halogens is 2. The fourth-order valence-electron chi connectivity index (χ4n) is 2.12. The summed E-state index contributed by atoms with van der Waals surface area (Å²) in [7, 11) is -1.80. The lowest BCUT2D eigenvalue weighted by molar-refractivity contribution is -0.134. The van der Waals surface area contributed by atoms with Gasteiger partial charge in [-0.1, -0.05) is 36.7 Å². The second kappa shape index (κ2) is 5.62. The maximum absolute atomic E-state index is 12.5. The van der Waals surface area contributed by atoms with E-state index in [0.29, 0.717) is 13.0 Å². The second-order valence-corrected chi connectivity index (χ2v) is 13.7. The number of allylic oxidation sites excluding steroid dienone is 2. The summed E-state index contributed by atoms with van der Waals surface area (Å²) < 4.78 is 12.8. The second-order valence-electron chi connectivity index (χ2n) is 7.12. The Balaban J connectivity index is 2.05. The van der Waals surface area contributed by atoms with Crippen molar-refractivity contribution >= 4 is 46.0 Å². The first kappa shape index (κ1) is 17.4. The number of carbonyl (C=O) groups is 1. The maximum atomic E-state index is 12.5. The number of ketones is 1. The summed E-state index contributed by atoms with van der Waals surface area (Å²) in [6.45, 7) is 11.6. The molecule has 2 atom stereocenters. The van der Waals surface area contributed by atoms with Gasteiger partial charge in [-0.15, -0.1) is 0 Å². The minimum atomic E-state index is -1.80. The number of hydrogen-bond donors (Lipinski definition) is 0. The van der Waals surface area contributed by atoms with Crippen LogP contribution in [-0.4, -0.2) is 31.1 Å². The van der Waals surface area contributed by atoms with Crippen molar-refractivity contribution in [2.24, 2.45) is 0 Å². The number of alkyl halides is 1. The number of carbonyl (C=O) groups excluding carboxylic acids is 1. The highest BCUT2D eigenvalue weighted by atomic mass is 79.9. The van der Waals surface area contributed by atoms with Crippen LogP contribution < -0.4 is 0 Å². The molecule has 0 spiro atoms. The first-order valence-electron chi connectivity index (χ1n) is 7.10. The Morgan fingerprint density at radius 1 is 1.43 bits per heavy atom. The minimum absolute atomic E-state index is 0.0331. The van der Waals surface area contributed by atoms with Crippen molar-refractivity contribution in [3.8, 4) is 0 Å². The fraction of sp³-hybridized carbons (Fsp3) is 0.667. The summed E-state index contributed by atoms with van der Waals surface area (Å²) in [5.74, 6) is 0.773. The largest absolute Gasteiger partial charge is 0.474 e. The van der Waals surface area contributed by atoms with Gasteiger partial charge in [0, 0.05) is 13.0 Å². The van der Waals surface area contributed by atoms with E-state index in [1.165, 1.54) is 0 Å². The monoisotopic (exact) mass is 436 g/mol. The zero-order valence-electron chi connectivity index (χ0n) is 13.1. The third-order valence-electron chi connectivity index (χ3n) is 4.64. The average Bonchev–Trinajstić information content (AvgIpc) is 2.76. The topological polar surface area (TPSA) is 35.5 Å². The van der Waals surface area contributed by atoms with Crippen molar-refractivity contribution in [1.82, 2.24) is 0 Å². The van der Waals surface area contributed by atoms with Crippen LogP contribution in [0.3, 0.4) is 0 Å².